The molecule has 8 heteroatoms. The summed E-state index contributed by atoms with van der Waals surface area (Å²) in [7, 11) is 0. The van der Waals surface area contributed by atoms with Gasteiger partial charge in [-0.3, -0.25) is 15.1 Å². The van der Waals surface area contributed by atoms with E-state index in [0.29, 0.717) is 18.1 Å². The molecule has 0 amide bonds. The van der Waals surface area contributed by atoms with Crippen molar-refractivity contribution in [2.75, 3.05) is 16.8 Å². The van der Waals surface area contributed by atoms with Gasteiger partial charge in [-0.15, -0.1) is 0 Å². The number of nitrogens with zero attached hydrogens (tertiary/aromatic N) is 5. The van der Waals surface area contributed by atoms with Gasteiger partial charge in [0.2, 0.25) is 11.6 Å². The van der Waals surface area contributed by atoms with Crippen molar-refractivity contribution in [3.63, 3.8) is 0 Å². The number of rotatable bonds is 4. The fourth-order valence-electron chi connectivity index (χ4n) is 3.15. The van der Waals surface area contributed by atoms with E-state index in [1.54, 1.807) is 24.5 Å². The molecule has 0 fully saturated rings. The lowest BCUT2D eigenvalue weighted by Crippen LogP contribution is -2.26. The predicted octanol–water partition coefficient (Wildman–Crippen LogP) is 3.61. The van der Waals surface area contributed by atoms with Crippen molar-refractivity contribution in [1.82, 2.24) is 15.0 Å². The minimum absolute atomic E-state index is 0.145. The normalized spacial score (nSPS) is 13.2. The maximum absolute atomic E-state index is 11.8. The summed E-state index contributed by atoms with van der Waals surface area (Å²) in [5.41, 5.74) is 2.59. The van der Waals surface area contributed by atoms with Crippen molar-refractivity contribution in [3.05, 3.63) is 70.8 Å². The van der Waals surface area contributed by atoms with Gasteiger partial charge in [0.25, 0.3) is 0 Å². The van der Waals surface area contributed by atoms with Crippen LogP contribution in [0.2, 0.25) is 0 Å². The van der Waals surface area contributed by atoms with Crippen LogP contribution in [0.5, 0.6) is 0 Å². The predicted molar refractivity (Wildman–Crippen MR) is 98.0 cm³/mol. The Hall–Kier alpha value is -3.55. The zero-order valence-corrected chi connectivity index (χ0v) is 13.9. The van der Waals surface area contributed by atoms with Crippen LogP contribution < -0.4 is 10.2 Å². The summed E-state index contributed by atoms with van der Waals surface area (Å²) in [6.45, 7) is 0.668. The number of aromatic nitrogens is 3. The lowest BCUT2D eigenvalue weighted by molar-refractivity contribution is -0.383. The molecular formula is C18H16N6O2. The molecule has 1 aromatic carbocycles. The highest BCUT2D eigenvalue weighted by Gasteiger charge is 2.30. The van der Waals surface area contributed by atoms with E-state index in [0.717, 1.165) is 24.1 Å². The molecule has 3 heterocycles. The molecule has 0 saturated carbocycles. The highest BCUT2D eigenvalue weighted by molar-refractivity contribution is 5.79. The maximum Gasteiger partial charge on any atom is 0.354 e. The first-order chi connectivity index (χ1) is 12.7. The fourth-order valence-corrected chi connectivity index (χ4v) is 3.15. The molecule has 2 aromatic heterocycles. The van der Waals surface area contributed by atoms with Crippen molar-refractivity contribution in [1.29, 1.82) is 0 Å². The van der Waals surface area contributed by atoms with E-state index in [4.69, 9.17) is 0 Å². The number of nitrogens with one attached hydrogen (secondary N) is 1. The van der Waals surface area contributed by atoms with Gasteiger partial charge in [-0.1, -0.05) is 18.2 Å². The smallest absolute Gasteiger partial charge is 0.333 e. The second-order valence-corrected chi connectivity index (χ2v) is 5.90. The van der Waals surface area contributed by atoms with Gasteiger partial charge in [-0.05, 0) is 36.6 Å². The Morgan fingerprint density at radius 2 is 2.04 bits per heavy atom. The Kier molecular flexibility index (Phi) is 4.14. The van der Waals surface area contributed by atoms with Gasteiger partial charge in [-0.25, -0.2) is 9.97 Å². The molecule has 0 atom stereocenters. The summed E-state index contributed by atoms with van der Waals surface area (Å²) < 4.78 is 0. The summed E-state index contributed by atoms with van der Waals surface area (Å²) in [6, 6.07) is 11.4. The van der Waals surface area contributed by atoms with Crippen LogP contribution in [0.25, 0.3) is 0 Å². The Bertz CT molecular complexity index is 947. The number of anilines is 4. The molecule has 1 aliphatic heterocycles. The quantitative estimate of drug-likeness (QED) is 0.568. The number of pyridine rings is 1. The Labute approximate surface area is 149 Å². The van der Waals surface area contributed by atoms with Crippen LogP contribution in [-0.2, 0) is 6.42 Å². The highest BCUT2D eigenvalue weighted by Crippen LogP contribution is 2.39. The maximum atomic E-state index is 11.8. The van der Waals surface area contributed by atoms with Crippen molar-refractivity contribution in [2.45, 2.75) is 12.8 Å². The van der Waals surface area contributed by atoms with E-state index in [1.165, 1.54) is 6.33 Å². The molecule has 0 saturated heterocycles. The molecule has 0 radical (unpaired) electrons. The molecule has 26 heavy (non-hydrogen) atoms. The number of aryl methyl sites for hydroxylation is 1. The zero-order valence-electron chi connectivity index (χ0n) is 13.9. The monoisotopic (exact) mass is 348 g/mol. The number of hydrogen-bond acceptors (Lipinski definition) is 7. The van der Waals surface area contributed by atoms with Gasteiger partial charge in [0.05, 0.1) is 16.8 Å². The van der Waals surface area contributed by atoms with E-state index in [-0.39, 0.29) is 11.5 Å². The lowest BCUT2D eigenvalue weighted by Gasteiger charge is -2.30. The molecule has 3 aromatic rings. The highest BCUT2D eigenvalue weighted by atomic mass is 16.6. The third-order valence-electron chi connectivity index (χ3n) is 4.28. The molecule has 0 unspecified atom stereocenters. The van der Waals surface area contributed by atoms with Gasteiger partial charge >= 0.3 is 5.69 Å². The van der Waals surface area contributed by atoms with Crippen LogP contribution in [0, 0.1) is 10.1 Å². The van der Waals surface area contributed by atoms with E-state index in [1.807, 2.05) is 29.2 Å². The zero-order chi connectivity index (χ0) is 17.9. The van der Waals surface area contributed by atoms with Crippen molar-refractivity contribution < 1.29 is 4.92 Å². The van der Waals surface area contributed by atoms with Crippen LogP contribution in [0.4, 0.5) is 28.7 Å². The van der Waals surface area contributed by atoms with Crippen LogP contribution in [-0.4, -0.2) is 26.4 Å². The Balaban J connectivity index is 1.80. The van der Waals surface area contributed by atoms with Crippen molar-refractivity contribution in [2.24, 2.45) is 0 Å². The van der Waals surface area contributed by atoms with Crippen molar-refractivity contribution >= 4 is 28.7 Å². The van der Waals surface area contributed by atoms with Crippen LogP contribution in [0.15, 0.2) is 55.1 Å². The van der Waals surface area contributed by atoms with E-state index in [9.17, 15) is 10.1 Å². The third kappa shape index (κ3) is 2.92. The summed E-state index contributed by atoms with van der Waals surface area (Å²) in [4.78, 5) is 25.6. The molecule has 0 aliphatic carbocycles. The van der Waals surface area contributed by atoms with Gasteiger partial charge in [0, 0.05) is 18.4 Å². The summed E-state index contributed by atoms with van der Waals surface area (Å²) >= 11 is 0. The average Bonchev–Trinajstić information content (AvgIpc) is 2.68. The minimum Gasteiger partial charge on any atom is -0.333 e. The SMILES string of the molecule is O=[N+]([O-])c1c(Nc2cccnc2)ncnc1N1CCCc2ccccc21. The molecule has 1 aliphatic rings. The van der Waals surface area contributed by atoms with Gasteiger partial charge in [0.15, 0.2) is 0 Å². The Morgan fingerprint density at radius 3 is 2.85 bits per heavy atom. The first kappa shape index (κ1) is 15.9. The topological polar surface area (TPSA) is 97.1 Å². The second-order valence-electron chi connectivity index (χ2n) is 5.90. The summed E-state index contributed by atoms with van der Waals surface area (Å²) in [5.74, 6) is 0.444. The molecule has 130 valence electrons. The van der Waals surface area contributed by atoms with E-state index < -0.39 is 4.92 Å². The number of nitro groups is 1. The fraction of sp³-hybridized carbons (Fsp3) is 0.167. The molecular weight excluding hydrogens is 332 g/mol. The number of hydrogen-bond donors (Lipinski definition) is 1. The summed E-state index contributed by atoms with van der Waals surface area (Å²) in [5, 5.41) is 14.8. The standard InChI is InChI=1S/C18H16N6O2/c25-24(26)16-17(22-14-7-3-9-19-11-14)20-12-21-18(16)23-10-4-6-13-5-1-2-8-15(13)23/h1-3,5,7-9,11-12H,4,6,10H2,(H,20,21,22). The van der Waals surface area contributed by atoms with E-state index >= 15 is 0 Å². The number of para-hydroxylation sites is 1. The molecule has 4 rings (SSSR count). The molecule has 0 spiro atoms. The van der Waals surface area contributed by atoms with E-state index in [2.05, 4.69) is 20.3 Å². The second kappa shape index (κ2) is 6.75. The van der Waals surface area contributed by atoms with Gasteiger partial charge in [0.1, 0.15) is 6.33 Å². The largest absolute Gasteiger partial charge is 0.354 e. The summed E-state index contributed by atoms with van der Waals surface area (Å²) in [6.07, 6.45) is 6.42. The van der Waals surface area contributed by atoms with Crippen LogP contribution >= 0.6 is 0 Å². The minimum atomic E-state index is -0.439. The first-order valence-corrected chi connectivity index (χ1v) is 8.26. The number of fused-ring (bicyclic) bond motifs is 1. The van der Waals surface area contributed by atoms with Crippen LogP contribution in [0.3, 0.4) is 0 Å². The molecule has 1 N–H and O–H groups in total. The first-order valence-electron chi connectivity index (χ1n) is 8.26. The van der Waals surface area contributed by atoms with Crippen molar-refractivity contribution in [3.8, 4) is 0 Å². The average molecular weight is 348 g/mol. The molecule has 0 bridgehead atoms. The lowest BCUT2D eigenvalue weighted by atomic mass is 10.0. The number of benzene rings is 1. The van der Waals surface area contributed by atoms with Gasteiger partial charge < -0.3 is 10.2 Å². The van der Waals surface area contributed by atoms with Gasteiger partial charge in [-0.2, -0.15) is 0 Å². The third-order valence-corrected chi connectivity index (χ3v) is 4.28. The Morgan fingerprint density at radius 1 is 1.15 bits per heavy atom. The van der Waals surface area contributed by atoms with Crippen LogP contribution in [0.1, 0.15) is 12.0 Å². The molecule has 8 nitrogen and oxygen atoms in total.